The van der Waals surface area contributed by atoms with Crippen LogP contribution < -0.4 is 5.32 Å². The largest absolute Gasteiger partial charge is 0.453 e. The number of carbonyl (C=O) groups is 2. The Morgan fingerprint density at radius 1 is 1.44 bits per heavy atom. The van der Waals surface area contributed by atoms with E-state index in [1.54, 1.807) is 0 Å². The number of aromatic nitrogens is 1. The van der Waals surface area contributed by atoms with E-state index in [9.17, 15) is 9.59 Å². The van der Waals surface area contributed by atoms with Gasteiger partial charge in [-0.15, -0.1) is 0 Å². The first kappa shape index (κ1) is 17.6. The maximum absolute atomic E-state index is 12.5. The number of ether oxygens (including phenoxy) is 1. The minimum Gasteiger partial charge on any atom is -0.453 e. The van der Waals surface area contributed by atoms with Crippen molar-refractivity contribution in [1.29, 1.82) is 0 Å². The van der Waals surface area contributed by atoms with Crippen molar-refractivity contribution in [2.45, 2.75) is 32.2 Å². The van der Waals surface area contributed by atoms with Gasteiger partial charge < -0.3 is 19.9 Å². The van der Waals surface area contributed by atoms with Crippen LogP contribution in [0.2, 0.25) is 5.02 Å². The van der Waals surface area contributed by atoms with E-state index < -0.39 is 6.09 Å². The molecule has 2 N–H and O–H groups in total. The highest BCUT2D eigenvalue weighted by Gasteiger charge is 2.29. The Morgan fingerprint density at radius 3 is 2.96 bits per heavy atom. The third-order valence-corrected chi connectivity index (χ3v) is 5.03. The van der Waals surface area contributed by atoms with E-state index in [4.69, 9.17) is 11.6 Å². The van der Waals surface area contributed by atoms with Crippen molar-refractivity contribution in [3.8, 4) is 0 Å². The smallest absolute Gasteiger partial charge is 0.407 e. The molecule has 1 aromatic carbocycles. The molecule has 0 radical (unpaired) electrons. The normalized spacial score (nSPS) is 16.4. The monoisotopic (exact) mass is 363 g/mol. The van der Waals surface area contributed by atoms with Gasteiger partial charge in [0.2, 0.25) is 5.91 Å². The summed E-state index contributed by atoms with van der Waals surface area (Å²) in [6.07, 6.45) is 1.97. The molecule has 0 saturated heterocycles. The number of nitrogens with one attached hydrogen (secondary N) is 2. The number of methoxy groups -OCH3 is 1. The number of aromatic amines is 1. The molecule has 1 atom stereocenters. The van der Waals surface area contributed by atoms with E-state index in [-0.39, 0.29) is 18.5 Å². The second-order valence-electron chi connectivity index (χ2n) is 6.19. The highest BCUT2D eigenvalue weighted by atomic mass is 35.5. The van der Waals surface area contributed by atoms with Crippen LogP contribution in [-0.4, -0.2) is 48.1 Å². The molecule has 0 saturated carbocycles. The molecular formula is C18H22ClN3O3. The predicted octanol–water partition coefficient (Wildman–Crippen LogP) is 2.88. The molecule has 0 unspecified atom stereocenters. The summed E-state index contributed by atoms with van der Waals surface area (Å²) in [5.74, 6) is -0.0979. The van der Waals surface area contributed by atoms with Crippen LogP contribution in [0.25, 0.3) is 10.9 Å². The number of hydrogen-bond donors (Lipinski definition) is 2. The van der Waals surface area contributed by atoms with Crippen LogP contribution in [0.5, 0.6) is 0 Å². The van der Waals surface area contributed by atoms with E-state index in [0.717, 1.165) is 30.2 Å². The summed E-state index contributed by atoms with van der Waals surface area (Å²) >= 11 is 6.15. The SMILES string of the molecule is CCN(C(=O)CNC(=O)OC)[C@H]1CCc2[nH]c3ccc(Cl)cc3c2C1. The van der Waals surface area contributed by atoms with E-state index in [1.807, 2.05) is 30.0 Å². The van der Waals surface area contributed by atoms with Gasteiger partial charge in [-0.1, -0.05) is 11.6 Å². The van der Waals surface area contributed by atoms with Crippen molar-refractivity contribution in [3.05, 3.63) is 34.5 Å². The maximum atomic E-state index is 12.5. The lowest BCUT2D eigenvalue weighted by Gasteiger charge is -2.33. The summed E-state index contributed by atoms with van der Waals surface area (Å²) < 4.78 is 4.52. The fourth-order valence-corrected chi connectivity index (χ4v) is 3.77. The molecule has 1 aliphatic carbocycles. The molecule has 0 spiro atoms. The zero-order valence-electron chi connectivity index (χ0n) is 14.4. The highest BCUT2D eigenvalue weighted by Crippen LogP contribution is 2.32. The van der Waals surface area contributed by atoms with Crippen LogP contribution in [0, 0.1) is 0 Å². The highest BCUT2D eigenvalue weighted by molar-refractivity contribution is 6.31. The van der Waals surface area contributed by atoms with Crippen molar-refractivity contribution in [3.63, 3.8) is 0 Å². The summed E-state index contributed by atoms with van der Waals surface area (Å²) in [6.45, 7) is 2.51. The average molecular weight is 364 g/mol. The summed E-state index contributed by atoms with van der Waals surface area (Å²) in [7, 11) is 1.28. The number of halogens is 1. The van der Waals surface area contributed by atoms with Gasteiger partial charge in [-0.05, 0) is 49.9 Å². The van der Waals surface area contributed by atoms with Crippen LogP contribution in [0.4, 0.5) is 4.79 Å². The Bertz CT molecular complexity index is 802. The fourth-order valence-electron chi connectivity index (χ4n) is 3.60. The van der Waals surface area contributed by atoms with Crippen molar-refractivity contribution in [1.82, 2.24) is 15.2 Å². The quantitative estimate of drug-likeness (QED) is 0.877. The number of alkyl carbamates (subject to hydrolysis) is 1. The van der Waals surface area contributed by atoms with Gasteiger partial charge >= 0.3 is 6.09 Å². The predicted molar refractivity (Wildman–Crippen MR) is 96.9 cm³/mol. The van der Waals surface area contributed by atoms with Crippen molar-refractivity contribution in [2.24, 2.45) is 0 Å². The number of fused-ring (bicyclic) bond motifs is 3. The molecule has 1 aromatic heterocycles. The number of aryl methyl sites for hydroxylation is 1. The third-order valence-electron chi connectivity index (χ3n) is 4.80. The molecule has 7 heteroatoms. The van der Waals surface area contributed by atoms with Crippen LogP contribution in [-0.2, 0) is 22.4 Å². The molecule has 3 rings (SSSR count). The first-order chi connectivity index (χ1) is 12.0. The first-order valence-corrected chi connectivity index (χ1v) is 8.81. The first-order valence-electron chi connectivity index (χ1n) is 8.43. The van der Waals surface area contributed by atoms with Gasteiger partial charge in [-0.2, -0.15) is 0 Å². The Hall–Kier alpha value is -2.21. The Balaban J connectivity index is 1.78. The number of rotatable bonds is 4. The maximum Gasteiger partial charge on any atom is 0.407 e. The average Bonchev–Trinajstić information content (AvgIpc) is 2.97. The standard InChI is InChI=1S/C18H22ClN3O3/c1-3-22(17(23)10-20-18(24)25-2)12-5-7-16-14(9-12)13-8-11(19)4-6-15(13)21-16/h4,6,8,12,21H,3,5,7,9-10H2,1-2H3,(H,20,24)/t12-/m0/s1. The molecule has 6 nitrogen and oxygen atoms in total. The number of nitrogens with zero attached hydrogens (tertiary/aromatic N) is 1. The van der Waals surface area contributed by atoms with Crippen LogP contribution in [0.3, 0.4) is 0 Å². The minimum atomic E-state index is -0.596. The van der Waals surface area contributed by atoms with Gasteiger partial charge in [0.05, 0.1) is 7.11 Å². The van der Waals surface area contributed by atoms with Crippen LogP contribution in [0.15, 0.2) is 18.2 Å². The molecule has 2 aromatic rings. The number of carbonyl (C=O) groups excluding carboxylic acids is 2. The lowest BCUT2D eigenvalue weighted by Crippen LogP contribution is -2.47. The Labute approximate surface area is 151 Å². The number of benzene rings is 1. The number of H-pyrrole nitrogens is 1. The summed E-state index contributed by atoms with van der Waals surface area (Å²) in [4.78, 5) is 29.0. The van der Waals surface area contributed by atoms with E-state index in [1.165, 1.54) is 18.4 Å². The van der Waals surface area contributed by atoms with Gasteiger partial charge in [-0.25, -0.2) is 4.79 Å². The summed E-state index contributed by atoms with van der Waals surface area (Å²) in [5, 5.41) is 4.30. The molecule has 1 heterocycles. The number of hydrogen-bond acceptors (Lipinski definition) is 3. The van der Waals surface area contributed by atoms with Crippen LogP contribution >= 0.6 is 11.6 Å². The fraction of sp³-hybridized carbons (Fsp3) is 0.444. The van der Waals surface area contributed by atoms with E-state index >= 15 is 0 Å². The Morgan fingerprint density at radius 2 is 2.24 bits per heavy atom. The summed E-state index contributed by atoms with van der Waals surface area (Å²) in [6, 6.07) is 5.96. The van der Waals surface area contributed by atoms with Gasteiger partial charge in [0.25, 0.3) is 0 Å². The van der Waals surface area contributed by atoms with Gasteiger partial charge in [0.1, 0.15) is 6.54 Å². The zero-order valence-corrected chi connectivity index (χ0v) is 15.2. The minimum absolute atomic E-state index is 0.0520. The molecule has 25 heavy (non-hydrogen) atoms. The topological polar surface area (TPSA) is 74.4 Å². The molecule has 0 bridgehead atoms. The molecule has 0 fully saturated rings. The van der Waals surface area contributed by atoms with E-state index in [0.29, 0.717) is 11.6 Å². The second-order valence-corrected chi connectivity index (χ2v) is 6.63. The lowest BCUT2D eigenvalue weighted by molar-refractivity contribution is -0.132. The molecule has 134 valence electrons. The third kappa shape index (κ3) is 3.58. The van der Waals surface area contributed by atoms with Crippen molar-refractivity contribution >= 4 is 34.5 Å². The zero-order chi connectivity index (χ0) is 18.0. The molecule has 2 amide bonds. The van der Waals surface area contributed by atoms with Gasteiger partial charge in [-0.3, -0.25) is 4.79 Å². The van der Waals surface area contributed by atoms with Crippen LogP contribution in [0.1, 0.15) is 24.6 Å². The molecule has 1 aliphatic rings. The summed E-state index contributed by atoms with van der Waals surface area (Å²) in [5.41, 5.74) is 3.54. The lowest BCUT2D eigenvalue weighted by atomic mass is 9.90. The number of amides is 2. The van der Waals surface area contributed by atoms with Gasteiger partial charge in [0.15, 0.2) is 0 Å². The second kappa shape index (κ2) is 7.35. The molecule has 0 aliphatic heterocycles. The van der Waals surface area contributed by atoms with Crippen molar-refractivity contribution < 1.29 is 14.3 Å². The Kier molecular flexibility index (Phi) is 5.18. The number of likely N-dealkylation sites (N-methyl/N-ethyl adjacent to an activating group) is 1. The van der Waals surface area contributed by atoms with E-state index in [2.05, 4.69) is 15.0 Å². The van der Waals surface area contributed by atoms with Crippen molar-refractivity contribution in [2.75, 3.05) is 20.2 Å². The van der Waals surface area contributed by atoms with Gasteiger partial charge in [0, 0.05) is 34.2 Å². The molecular weight excluding hydrogens is 342 g/mol.